The SMILES string of the molecule is C[C@H](N)[C@H](O)c1ncccn1. The normalized spacial score (nSPS) is 15.9. The number of aromatic nitrogens is 2. The Bertz CT molecular complexity index is 212. The summed E-state index contributed by atoms with van der Waals surface area (Å²) in [5.74, 6) is 0.377. The third kappa shape index (κ3) is 1.96. The minimum absolute atomic E-state index is 0.336. The molecule has 0 aliphatic heterocycles. The van der Waals surface area contributed by atoms with Crippen molar-refractivity contribution in [2.24, 2.45) is 5.73 Å². The fourth-order valence-corrected chi connectivity index (χ4v) is 0.698. The Hall–Kier alpha value is -1.00. The van der Waals surface area contributed by atoms with Gasteiger partial charge >= 0.3 is 0 Å². The van der Waals surface area contributed by atoms with E-state index in [4.69, 9.17) is 5.73 Å². The number of hydrogen-bond acceptors (Lipinski definition) is 4. The van der Waals surface area contributed by atoms with Crippen molar-refractivity contribution in [1.29, 1.82) is 0 Å². The monoisotopic (exact) mass is 153 g/mol. The van der Waals surface area contributed by atoms with Gasteiger partial charge in [-0.25, -0.2) is 9.97 Å². The van der Waals surface area contributed by atoms with E-state index in [1.54, 1.807) is 25.4 Å². The van der Waals surface area contributed by atoms with Gasteiger partial charge in [-0.3, -0.25) is 0 Å². The van der Waals surface area contributed by atoms with Crippen molar-refractivity contribution in [2.45, 2.75) is 19.1 Å². The largest absolute Gasteiger partial charge is 0.383 e. The van der Waals surface area contributed by atoms with E-state index in [2.05, 4.69) is 9.97 Å². The first-order chi connectivity index (χ1) is 5.22. The Balaban J connectivity index is 2.77. The molecule has 0 radical (unpaired) electrons. The molecule has 1 rings (SSSR count). The molecule has 2 atom stereocenters. The standard InChI is InChI=1S/C7H11N3O/c1-5(8)6(11)7-9-3-2-4-10-7/h2-6,11H,8H2,1H3/t5-,6-/m0/s1. The number of nitrogens with zero attached hydrogens (tertiary/aromatic N) is 2. The minimum Gasteiger partial charge on any atom is -0.383 e. The van der Waals surface area contributed by atoms with E-state index in [0.717, 1.165) is 0 Å². The van der Waals surface area contributed by atoms with Crippen LogP contribution in [0.4, 0.5) is 0 Å². The summed E-state index contributed by atoms with van der Waals surface area (Å²) >= 11 is 0. The second-order valence-corrected chi connectivity index (χ2v) is 2.41. The van der Waals surface area contributed by atoms with Crippen molar-refractivity contribution in [2.75, 3.05) is 0 Å². The van der Waals surface area contributed by atoms with Gasteiger partial charge in [0.25, 0.3) is 0 Å². The molecule has 0 spiro atoms. The van der Waals surface area contributed by atoms with E-state index in [1.807, 2.05) is 0 Å². The van der Waals surface area contributed by atoms with Gasteiger partial charge in [-0.2, -0.15) is 0 Å². The summed E-state index contributed by atoms with van der Waals surface area (Å²) in [5, 5.41) is 9.35. The number of hydrogen-bond donors (Lipinski definition) is 2. The van der Waals surface area contributed by atoms with Crippen LogP contribution in [0.5, 0.6) is 0 Å². The molecule has 3 N–H and O–H groups in total. The first kappa shape index (κ1) is 8.10. The van der Waals surface area contributed by atoms with Crippen LogP contribution in [0.25, 0.3) is 0 Å². The maximum absolute atomic E-state index is 9.35. The summed E-state index contributed by atoms with van der Waals surface area (Å²) < 4.78 is 0. The maximum atomic E-state index is 9.35. The Morgan fingerprint density at radius 1 is 1.45 bits per heavy atom. The first-order valence-electron chi connectivity index (χ1n) is 3.42. The van der Waals surface area contributed by atoms with Gasteiger partial charge < -0.3 is 10.8 Å². The third-order valence-corrected chi connectivity index (χ3v) is 1.35. The van der Waals surface area contributed by atoms with Gasteiger partial charge in [0, 0.05) is 18.4 Å². The summed E-state index contributed by atoms with van der Waals surface area (Å²) in [6.45, 7) is 1.71. The summed E-state index contributed by atoms with van der Waals surface area (Å²) in [7, 11) is 0. The second kappa shape index (κ2) is 3.41. The molecule has 0 saturated heterocycles. The predicted octanol–water partition coefficient (Wildman–Crippen LogP) is -0.143. The molecule has 0 bridgehead atoms. The highest BCUT2D eigenvalue weighted by atomic mass is 16.3. The highest BCUT2D eigenvalue weighted by Gasteiger charge is 2.13. The molecule has 1 aromatic heterocycles. The number of aliphatic hydroxyl groups is 1. The van der Waals surface area contributed by atoms with Crippen LogP contribution in [-0.4, -0.2) is 21.1 Å². The van der Waals surface area contributed by atoms with Gasteiger partial charge in [-0.05, 0) is 13.0 Å². The predicted molar refractivity (Wildman–Crippen MR) is 40.6 cm³/mol. The van der Waals surface area contributed by atoms with E-state index in [-0.39, 0.29) is 6.04 Å². The molecule has 0 amide bonds. The van der Waals surface area contributed by atoms with Crippen molar-refractivity contribution in [3.05, 3.63) is 24.3 Å². The van der Waals surface area contributed by atoms with Crippen LogP contribution in [0.2, 0.25) is 0 Å². The summed E-state index contributed by atoms with van der Waals surface area (Å²) in [4.78, 5) is 7.72. The molecular weight excluding hydrogens is 142 g/mol. The molecule has 0 aliphatic rings. The van der Waals surface area contributed by atoms with E-state index < -0.39 is 6.10 Å². The molecule has 0 aliphatic carbocycles. The number of rotatable bonds is 2. The van der Waals surface area contributed by atoms with Crippen molar-refractivity contribution < 1.29 is 5.11 Å². The Morgan fingerprint density at radius 2 is 2.00 bits per heavy atom. The zero-order chi connectivity index (χ0) is 8.27. The molecule has 0 saturated carbocycles. The molecule has 0 aromatic carbocycles. The van der Waals surface area contributed by atoms with Crippen LogP contribution < -0.4 is 5.73 Å². The topological polar surface area (TPSA) is 72.0 Å². The van der Waals surface area contributed by atoms with E-state index in [0.29, 0.717) is 5.82 Å². The van der Waals surface area contributed by atoms with Crippen molar-refractivity contribution in [3.8, 4) is 0 Å². The average Bonchev–Trinajstić information content (AvgIpc) is 2.05. The highest BCUT2D eigenvalue weighted by Crippen LogP contribution is 2.07. The van der Waals surface area contributed by atoms with Crippen LogP contribution in [0, 0.1) is 0 Å². The Labute approximate surface area is 65.1 Å². The molecule has 0 unspecified atom stereocenters. The maximum Gasteiger partial charge on any atom is 0.158 e. The average molecular weight is 153 g/mol. The smallest absolute Gasteiger partial charge is 0.158 e. The van der Waals surface area contributed by atoms with E-state index >= 15 is 0 Å². The zero-order valence-corrected chi connectivity index (χ0v) is 6.31. The summed E-state index contributed by atoms with van der Waals surface area (Å²) in [6, 6.07) is 1.36. The van der Waals surface area contributed by atoms with Gasteiger partial charge in [0.05, 0.1) is 0 Å². The van der Waals surface area contributed by atoms with E-state index in [1.165, 1.54) is 0 Å². The van der Waals surface area contributed by atoms with Crippen LogP contribution in [0.15, 0.2) is 18.5 Å². The molecule has 11 heavy (non-hydrogen) atoms. The Kier molecular flexibility index (Phi) is 2.51. The zero-order valence-electron chi connectivity index (χ0n) is 6.31. The molecule has 4 nitrogen and oxygen atoms in total. The van der Waals surface area contributed by atoms with Crippen LogP contribution in [0.3, 0.4) is 0 Å². The highest BCUT2D eigenvalue weighted by molar-refractivity contribution is 4.94. The molecule has 0 fully saturated rings. The van der Waals surface area contributed by atoms with Gasteiger partial charge in [0.1, 0.15) is 6.10 Å². The molecule has 4 heteroatoms. The van der Waals surface area contributed by atoms with Crippen molar-refractivity contribution in [3.63, 3.8) is 0 Å². The summed E-state index contributed by atoms with van der Waals surface area (Å²) in [5.41, 5.74) is 5.44. The van der Waals surface area contributed by atoms with Crippen molar-refractivity contribution in [1.82, 2.24) is 9.97 Å². The van der Waals surface area contributed by atoms with Gasteiger partial charge in [-0.15, -0.1) is 0 Å². The van der Waals surface area contributed by atoms with Gasteiger partial charge in [0.15, 0.2) is 5.82 Å². The van der Waals surface area contributed by atoms with Crippen LogP contribution in [0.1, 0.15) is 18.9 Å². The lowest BCUT2D eigenvalue weighted by molar-refractivity contribution is 0.143. The van der Waals surface area contributed by atoms with Crippen LogP contribution >= 0.6 is 0 Å². The molecule has 1 heterocycles. The van der Waals surface area contributed by atoms with Crippen LogP contribution in [-0.2, 0) is 0 Å². The molecular formula is C7H11N3O. The summed E-state index contributed by atoms with van der Waals surface area (Å²) in [6.07, 6.45) is 2.39. The molecule has 60 valence electrons. The quantitative estimate of drug-likeness (QED) is 0.620. The second-order valence-electron chi connectivity index (χ2n) is 2.41. The van der Waals surface area contributed by atoms with Crippen molar-refractivity contribution >= 4 is 0 Å². The van der Waals surface area contributed by atoms with Gasteiger partial charge in [0.2, 0.25) is 0 Å². The lowest BCUT2D eigenvalue weighted by Gasteiger charge is -2.11. The Morgan fingerprint density at radius 3 is 2.45 bits per heavy atom. The lowest BCUT2D eigenvalue weighted by Crippen LogP contribution is -2.25. The number of aliphatic hydroxyl groups excluding tert-OH is 1. The third-order valence-electron chi connectivity index (χ3n) is 1.35. The fraction of sp³-hybridized carbons (Fsp3) is 0.429. The van der Waals surface area contributed by atoms with Gasteiger partial charge in [-0.1, -0.05) is 0 Å². The fourth-order valence-electron chi connectivity index (χ4n) is 0.698. The lowest BCUT2D eigenvalue weighted by atomic mass is 10.2. The van der Waals surface area contributed by atoms with E-state index in [9.17, 15) is 5.11 Å². The minimum atomic E-state index is -0.767. The molecule has 1 aromatic rings. The number of nitrogens with two attached hydrogens (primary N) is 1. The first-order valence-corrected chi connectivity index (χ1v) is 3.42.